The molecule has 0 unspecified atom stereocenters. The molecule has 13 heavy (non-hydrogen) atoms. The molecule has 0 bridgehead atoms. The molecule has 1 fully saturated rings. The van der Waals surface area contributed by atoms with Gasteiger partial charge in [-0.3, -0.25) is 0 Å². The molecular weight excluding hydrogens is 272 g/mol. The van der Waals surface area contributed by atoms with Crippen LogP contribution in [0.2, 0.25) is 3.97 Å². The summed E-state index contributed by atoms with van der Waals surface area (Å²) in [6.45, 7) is 2.24. The van der Waals surface area contributed by atoms with Crippen molar-refractivity contribution in [1.29, 1.82) is 0 Å². The van der Waals surface area contributed by atoms with Crippen LogP contribution in [0, 0.1) is 9.89 Å². The maximum absolute atomic E-state index is 3.47. The first-order chi connectivity index (χ1) is 6.43. The van der Waals surface area contributed by atoms with Crippen LogP contribution in [0.4, 0.5) is 0 Å². The predicted octanol–water partition coefficient (Wildman–Crippen LogP) is 3.59. The van der Waals surface area contributed by atoms with Crippen molar-refractivity contribution in [2.24, 2.45) is 0 Å². The summed E-state index contributed by atoms with van der Waals surface area (Å²) in [5.41, 5.74) is 0. The van der Waals surface area contributed by atoms with E-state index in [0.29, 0.717) is 0 Å². The Morgan fingerprint density at radius 1 is 1.23 bits per heavy atom. The molecule has 0 heterocycles. The topological polar surface area (TPSA) is 0 Å². The van der Waals surface area contributed by atoms with E-state index in [1.54, 1.807) is 0 Å². The number of hydrogen-bond donors (Lipinski definition) is 0. The van der Waals surface area contributed by atoms with Crippen LogP contribution < -0.4 is 0 Å². The van der Waals surface area contributed by atoms with Gasteiger partial charge < -0.3 is 0 Å². The van der Waals surface area contributed by atoms with Gasteiger partial charge in [0.05, 0.1) is 0 Å². The van der Waals surface area contributed by atoms with Crippen molar-refractivity contribution >= 4 is 20.9 Å². The van der Waals surface area contributed by atoms with Gasteiger partial charge in [-0.05, 0) is 0 Å². The van der Waals surface area contributed by atoms with Crippen molar-refractivity contribution in [3.05, 3.63) is 0 Å². The molecule has 0 saturated heterocycles. The van der Waals surface area contributed by atoms with Gasteiger partial charge in [0, 0.05) is 0 Å². The Kier molecular flexibility index (Phi) is 6.79. The molecule has 0 aliphatic heterocycles. The minimum absolute atomic E-state index is 0.0529. The van der Waals surface area contributed by atoms with Crippen LogP contribution >= 0.6 is 0 Å². The Labute approximate surface area is 92.9 Å². The van der Waals surface area contributed by atoms with Gasteiger partial charge in [0.25, 0.3) is 0 Å². The molecule has 0 aromatic heterocycles. The van der Waals surface area contributed by atoms with E-state index in [-0.39, 0.29) is 20.9 Å². The van der Waals surface area contributed by atoms with Crippen LogP contribution in [0.3, 0.4) is 0 Å². The summed E-state index contributed by atoms with van der Waals surface area (Å²) in [6.07, 6.45) is 11.2. The molecule has 0 aromatic rings. The van der Waals surface area contributed by atoms with E-state index < -0.39 is 0 Å². The molecule has 0 N–H and O–H groups in total. The molecule has 1 saturated carbocycles. The molecule has 74 valence electrons. The van der Waals surface area contributed by atoms with Crippen LogP contribution in [0.5, 0.6) is 0 Å². The number of hydrogen-bond acceptors (Lipinski definition) is 0. The van der Waals surface area contributed by atoms with Crippen LogP contribution in [-0.4, -0.2) is 20.9 Å². The zero-order valence-corrected chi connectivity index (χ0v) is 11.0. The summed E-state index contributed by atoms with van der Waals surface area (Å²) in [6, 6.07) is 0. The fourth-order valence-corrected chi connectivity index (χ4v) is 4.25. The molecule has 0 nitrogen and oxygen atoms in total. The van der Waals surface area contributed by atoms with Gasteiger partial charge >= 0.3 is 93.1 Å². The molecule has 1 aliphatic carbocycles. The van der Waals surface area contributed by atoms with Crippen molar-refractivity contribution in [3.63, 3.8) is 0 Å². The van der Waals surface area contributed by atoms with Crippen LogP contribution in [0.1, 0.15) is 58.3 Å². The average Bonchev–Trinajstić information content (AvgIpc) is 2.19. The van der Waals surface area contributed by atoms with E-state index >= 15 is 0 Å². The summed E-state index contributed by atoms with van der Waals surface area (Å²) >= 11 is 0.0529. The van der Waals surface area contributed by atoms with Crippen LogP contribution in [0.25, 0.3) is 0 Å². The third-order valence-corrected chi connectivity index (χ3v) is 5.55. The standard InChI is InChI=1S/C12H20Te/c1-2-3-4-8-11-13-12-9-6-5-7-10-12/h12H,2-7,9-10H2,1H3. The Morgan fingerprint density at radius 2 is 2.00 bits per heavy atom. The maximum atomic E-state index is 3.47. The average molecular weight is 292 g/mol. The van der Waals surface area contributed by atoms with Crippen LogP contribution in [-0.2, 0) is 0 Å². The van der Waals surface area contributed by atoms with E-state index in [4.69, 9.17) is 0 Å². The summed E-state index contributed by atoms with van der Waals surface area (Å²) in [7, 11) is 0. The van der Waals surface area contributed by atoms with E-state index in [2.05, 4.69) is 16.8 Å². The summed E-state index contributed by atoms with van der Waals surface area (Å²) < 4.78 is 4.53. The van der Waals surface area contributed by atoms with Gasteiger partial charge in [-0.1, -0.05) is 0 Å². The summed E-state index contributed by atoms with van der Waals surface area (Å²) in [5, 5.41) is 0. The van der Waals surface area contributed by atoms with Crippen LogP contribution in [0.15, 0.2) is 0 Å². The van der Waals surface area contributed by atoms with Gasteiger partial charge in [0.15, 0.2) is 0 Å². The fourth-order valence-electron chi connectivity index (χ4n) is 1.62. The molecule has 0 radical (unpaired) electrons. The third-order valence-electron chi connectivity index (χ3n) is 2.51. The van der Waals surface area contributed by atoms with Crippen molar-refractivity contribution in [3.8, 4) is 9.89 Å². The molecule has 0 aromatic carbocycles. The number of rotatable bonds is 3. The van der Waals surface area contributed by atoms with Crippen molar-refractivity contribution in [2.75, 3.05) is 0 Å². The molecule has 0 spiro atoms. The Morgan fingerprint density at radius 3 is 2.69 bits per heavy atom. The molecular formula is C12H20Te. The fraction of sp³-hybridized carbons (Fsp3) is 0.833. The summed E-state index contributed by atoms with van der Waals surface area (Å²) in [5.74, 6) is 3.34. The van der Waals surface area contributed by atoms with E-state index in [1.807, 2.05) is 0 Å². The summed E-state index contributed by atoms with van der Waals surface area (Å²) in [4.78, 5) is 0. The van der Waals surface area contributed by atoms with E-state index in [1.165, 1.54) is 44.9 Å². The van der Waals surface area contributed by atoms with Crippen molar-refractivity contribution in [2.45, 2.75) is 62.3 Å². The molecule has 1 rings (SSSR count). The van der Waals surface area contributed by atoms with E-state index in [9.17, 15) is 0 Å². The predicted molar refractivity (Wildman–Crippen MR) is 59.9 cm³/mol. The molecule has 1 heteroatoms. The van der Waals surface area contributed by atoms with Gasteiger partial charge in [-0.15, -0.1) is 0 Å². The van der Waals surface area contributed by atoms with Crippen molar-refractivity contribution in [1.82, 2.24) is 0 Å². The van der Waals surface area contributed by atoms with E-state index in [0.717, 1.165) is 10.4 Å². The molecule has 1 aliphatic rings. The van der Waals surface area contributed by atoms with Gasteiger partial charge in [0.1, 0.15) is 0 Å². The molecule has 0 atom stereocenters. The minimum atomic E-state index is 0.0529. The zero-order chi connectivity index (χ0) is 9.36. The Hall–Kier alpha value is 0.350. The third kappa shape index (κ3) is 5.61. The second kappa shape index (κ2) is 7.73. The normalized spacial score (nSPS) is 17.9. The zero-order valence-electron chi connectivity index (χ0n) is 8.64. The first-order valence-corrected chi connectivity index (χ1v) is 8.08. The monoisotopic (exact) mass is 294 g/mol. The Bertz CT molecular complexity index is 169. The van der Waals surface area contributed by atoms with Gasteiger partial charge in [0.2, 0.25) is 0 Å². The number of unbranched alkanes of at least 4 members (excludes halogenated alkanes) is 2. The van der Waals surface area contributed by atoms with Gasteiger partial charge in [-0.2, -0.15) is 0 Å². The first kappa shape index (κ1) is 11.4. The SMILES string of the molecule is CCCCC#C[Te]C1CCCCC1. The second-order valence-electron chi connectivity index (χ2n) is 3.76. The Balaban J connectivity index is 2.04. The molecule has 0 amide bonds. The first-order valence-electron chi connectivity index (χ1n) is 5.57. The van der Waals surface area contributed by atoms with Gasteiger partial charge in [-0.25, -0.2) is 0 Å². The second-order valence-corrected chi connectivity index (χ2v) is 6.92. The van der Waals surface area contributed by atoms with Crippen molar-refractivity contribution < 1.29 is 0 Å². The quantitative estimate of drug-likeness (QED) is 0.423.